The Labute approximate surface area is 113 Å². The number of esters is 1. The minimum absolute atomic E-state index is 0.0323. The summed E-state index contributed by atoms with van der Waals surface area (Å²) in [4.78, 5) is 13.2. The number of ether oxygens (including phenoxy) is 1. The van der Waals surface area contributed by atoms with Crippen LogP contribution in [-0.2, 0) is 16.0 Å². The molecular formula is C14H21NO4. The van der Waals surface area contributed by atoms with Gasteiger partial charge in [0.25, 0.3) is 0 Å². The van der Waals surface area contributed by atoms with Gasteiger partial charge in [-0.15, -0.1) is 0 Å². The molecule has 0 aliphatic heterocycles. The maximum atomic E-state index is 11.3. The van der Waals surface area contributed by atoms with Gasteiger partial charge in [0.15, 0.2) is 0 Å². The summed E-state index contributed by atoms with van der Waals surface area (Å²) in [5.74, 6) is -0.238. The third-order valence-electron chi connectivity index (χ3n) is 2.70. The van der Waals surface area contributed by atoms with Crippen LogP contribution in [0, 0.1) is 0 Å². The summed E-state index contributed by atoms with van der Waals surface area (Å²) in [5, 5.41) is 17.9. The van der Waals surface area contributed by atoms with Gasteiger partial charge in [0.05, 0.1) is 26.2 Å². The highest BCUT2D eigenvalue weighted by atomic mass is 16.5. The third kappa shape index (κ3) is 5.28. The van der Waals surface area contributed by atoms with Crippen LogP contribution < -0.4 is 4.90 Å². The maximum absolute atomic E-state index is 11.3. The number of carbonyl (C=O) groups excluding carboxylic acids is 1. The van der Waals surface area contributed by atoms with E-state index in [1.807, 2.05) is 29.2 Å². The predicted octanol–water partition coefficient (Wildman–Crippen LogP) is 0.583. The van der Waals surface area contributed by atoms with Gasteiger partial charge in [0.2, 0.25) is 0 Å². The summed E-state index contributed by atoms with van der Waals surface area (Å²) in [6.45, 7) is 3.17. The van der Waals surface area contributed by atoms with Crippen LogP contribution in [0.1, 0.15) is 12.5 Å². The summed E-state index contributed by atoms with van der Waals surface area (Å²) in [6, 6.07) is 7.46. The molecule has 0 aliphatic carbocycles. The summed E-state index contributed by atoms with van der Waals surface area (Å²) in [7, 11) is 0. The first-order chi connectivity index (χ1) is 9.21. The highest BCUT2D eigenvalue weighted by molar-refractivity contribution is 5.72. The average Bonchev–Trinajstić information content (AvgIpc) is 2.40. The van der Waals surface area contributed by atoms with Crippen LogP contribution in [0.2, 0.25) is 0 Å². The van der Waals surface area contributed by atoms with E-state index in [9.17, 15) is 4.79 Å². The largest absolute Gasteiger partial charge is 0.466 e. The fraction of sp³-hybridized carbons (Fsp3) is 0.500. The normalized spacial score (nSPS) is 10.3. The summed E-state index contributed by atoms with van der Waals surface area (Å²) in [6.07, 6.45) is 0.258. The van der Waals surface area contributed by atoms with Crippen LogP contribution in [0.15, 0.2) is 24.3 Å². The average molecular weight is 267 g/mol. The van der Waals surface area contributed by atoms with Gasteiger partial charge >= 0.3 is 5.97 Å². The van der Waals surface area contributed by atoms with Crippen molar-refractivity contribution in [2.24, 2.45) is 0 Å². The standard InChI is InChI=1S/C14H21NO4/c1-2-19-14(18)11-12-3-5-13(6-4-12)15(7-9-16)8-10-17/h3-6,16-17H,2,7-11H2,1H3. The van der Waals surface area contributed by atoms with E-state index in [4.69, 9.17) is 14.9 Å². The fourth-order valence-electron chi connectivity index (χ4n) is 1.81. The lowest BCUT2D eigenvalue weighted by molar-refractivity contribution is -0.142. The maximum Gasteiger partial charge on any atom is 0.310 e. The molecule has 1 rings (SSSR count). The molecule has 0 radical (unpaired) electrons. The molecule has 0 fully saturated rings. The van der Waals surface area contributed by atoms with Gasteiger partial charge in [-0.1, -0.05) is 12.1 Å². The Hall–Kier alpha value is -1.59. The fourth-order valence-corrected chi connectivity index (χ4v) is 1.81. The van der Waals surface area contributed by atoms with Gasteiger partial charge in [-0.3, -0.25) is 4.79 Å². The number of hydrogen-bond donors (Lipinski definition) is 2. The second-order valence-corrected chi connectivity index (χ2v) is 4.08. The zero-order valence-electron chi connectivity index (χ0n) is 11.2. The van der Waals surface area contributed by atoms with Crippen molar-refractivity contribution in [1.82, 2.24) is 0 Å². The van der Waals surface area contributed by atoms with Crippen molar-refractivity contribution < 1.29 is 19.7 Å². The second kappa shape index (κ2) is 8.50. The van der Waals surface area contributed by atoms with E-state index in [2.05, 4.69) is 0 Å². The lowest BCUT2D eigenvalue weighted by Crippen LogP contribution is -2.29. The summed E-state index contributed by atoms with van der Waals surface area (Å²) >= 11 is 0. The van der Waals surface area contributed by atoms with Crippen LogP contribution in [0.5, 0.6) is 0 Å². The van der Waals surface area contributed by atoms with Gasteiger partial charge in [-0.2, -0.15) is 0 Å². The van der Waals surface area contributed by atoms with Crippen LogP contribution >= 0.6 is 0 Å². The van der Waals surface area contributed by atoms with Crippen LogP contribution in [-0.4, -0.2) is 49.1 Å². The van der Waals surface area contributed by atoms with Crippen LogP contribution in [0.25, 0.3) is 0 Å². The molecular weight excluding hydrogens is 246 g/mol. The van der Waals surface area contributed by atoms with Gasteiger partial charge < -0.3 is 19.8 Å². The van der Waals surface area contributed by atoms with Crippen molar-refractivity contribution in [3.63, 3.8) is 0 Å². The quantitative estimate of drug-likeness (QED) is 0.674. The number of anilines is 1. The molecule has 106 valence electrons. The molecule has 0 saturated carbocycles. The highest BCUT2D eigenvalue weighted by Gasteiger charge is 2.07. The van der Waals surface area contributed by atoms with Crippen molar-refractivity contribution in [1.29, 1.82) is 0 Å². The first-order valence-corrected chi connectivity index (χ1v) is 6.42. The summed E-state index contributed by atoms with van der Waals surface area (Å²) < 4.78 is 4.89. The number of aliphatic hydroxyl groups excluding tert-OH is 2. The Balaban J connectivity index is 2.65. The number of hydrogen-bond acceptors (Lipinski definition) is 5. The van der Waals surface area contributed by atoms with Crippen molar-refractivity contribution in [2.45, 2.75) is 13.3 Å². The topological polar surface area (TPSA) is 70.0 Å². The van der Waals surface area contributed by atoms with Gasteiger partial charge in [-0.25, -0.2) is 0 Å². The highest BCUT2D eigenvalue weighted by Crippen LogP contribution is 2.15. The van der Waals surface area contributed by atoms with Gasteiger partial charge in [0.1, 0.15) is 0 Å². The monoisotopic (exact) mass is 267 g/mol. The zero-order chi connectivity index (χ0) is 14.1. The molecule has 2 N–H and O–H groups in total. The molecule has 5 nitrogen and oxygen atoms in total. The predicted molar refractivity (Wildman–Crippen MR) is 73.2 cm³/mol. The Bertz CT molecular complexity index is 372. The van der Waals surface area contributed by atoms with E-state index in [0.29, 0.717) is 19.7 Å². The van der Waals surface area contributed by atoms with Crippen LogP contribution in [0.4, 0.5) is 5.69 Å². The van der Waals surface area contributed by atoms with E-state index < -0.39 is 0 Å². The molecule has 1 aromatic rings. The molecule has 19 heavy (non-hydrogen) atoms. The number of carbonyl (C=O) groups is 1. The van der Waals surface area contributed by atoms with E-state index in [1.165, 1.54) is 0 Å². The Morgan fingerprint density at radius 1 is 1.16 bits per heavy atom. The first-order valence-electron chi connectivity index (χ1n) is 6.42. The van der Waals surface area contributed by atoms with Crippen molar-refractivity contribution in [3.8, 4) is 0 Å². The molecule has 0 aromatic heterocycles. The summed E-state index contributed by atoms with van der Waals surface area (Å²) in [5.41, 5.74) is 1.80. The van der Waals surface area contributed by atoms with Crippen molar-refractivity contribution >= 4 is 11.7 Å². The molecule has 1 aromatic carbocycles. The van der Waals surface area contributed by atoms with Gasteiger partial charge in [0, 0.05) is 18.8 Å². The minimum Gasteiger partial charge on any atom is -0.466 e. The third-order valence-corrected chi connectivity index (χ3v) is 2.70. The molecule has 0 heterocycles. The molecule has 0 amide bonds. The Kier molecular flexibility index (Phi) is 6.92. The molecule has 0 atom stereocenters. The zero-order valence-corrected chi connectivity index (χ0v) is 11.2. The number of benzene rings is 1. The molecule has 0 unspecified atom stereocenters. The lowest BCUT2D eigenvalue weighted by atomic mass is 10.1. The SMILES string of the molecule is CCOC(=O)Cc1ccc(N(CCO)CCO)cc1. The molecule has 0 spiro atoms. The molecule has 5 heteroatoms. The van der Waals surface area contributed by atoms with E-state index in [0.717, 1.165) is 11.3 Å². The molecule has 0 saturated heterocycles. The van der Waals surface area contributed by atoms with E-state index >= 15 is 0 Å². The van der Waals surface area contributed by atoms with Crippen molar-refractivity contribution in [3.05, 3.63) is 29.8 Å². The number of rotatable bonds is 8. The van der Waals surface area contributed by atoms with E-state index in [-0.39, 0.29) is 25.6 Å². The lowest BCUT2D eigenvalue weighted by Gasteiger charge is -2.23. The van der Waals surface area contributed by atoms with E-state index in [1.54, 1.807) is 6.92 Å². The van der Waals surface area contributed by atoms with Crippen LogP contribution in [0.3, 0.4) is 0 Å². The Morgan fingerprint density at radius 3 is 2.21 bits per heavy atom. The van der Waals surface area contributed by atoms with Crippen molar-refractivity contribution in [2.75, 3.05) is 37.8 Å². The Morgan fingerprint density at radius 2 is 1.74 bits per heavy atom. The number of nitrogens with zero attached hydrogens (tertiary/aromatic N) is 1. The second-order valence-electron chi connectivity index (χ2n) is 4.08. The minimum atomic E-state index is -0.238. The first kappa shape index (κ1) is 15.5. The number of aliphatic hydroxyl groups is 2. The van der Waals surface area contributed by atoms with Gasteiger partial charge in [-0.05, 0) is 24.6 Å². The smallest absolute Gasteiger partial charge is 0.310 e. The molecule has 0 bridgehead atoms. The molecule has 0 aliphatic rings.